The number of carbonyl (C=O) groups excluding carboxylic acids is 1. The van der Waals surface area contributed by atoms with Gasteiger partial charge in [-0.15, -0.1) is 6.07 Å². The topological polar surface area (TPSA) is 30.2 Å². The average Bonchev–Trinajstić information content (AvgIpc) is 2.14. The summed E-state index contributed by atoms with van der Waals surface area (Å²) >= 11 is 0. The van der Waals surface area contributed by atoms with Crippen molar-refractivity contribution in [1.29, 1.82) is 0 Å². The maximum atomic E-state index is 9.65. The standard InChI is InChI=1S/C5H3O2.Y/c6-4-5-2-1-3-7-5;/h1-3H;/q-1;. The van der Waals surface area contributed by atoms with Crippen molar-refractivity contribution >= 4 is 6.29 Å². The van der Waals surface area contributed by atoms with E-state index in [1.54, 1.807) is 18.4 Å². The largest absolute Gasteiger partial charge is 0.501 e. The molecule has 0 N–H and O–H groups in total. The van der Waals surface area contributed by atoms with Crippen molar-refractivity contribution in [1.82, 2.24) is 0 Å². The minimum atomic E-state index is 0. The van der Waals surface area contributed by atoms with Gasteiger partial charge in [0.15, 0.2) is 0 Å². The van der Waals surface area contributed by atoms with Crippen LogP contribution in [0.5, 0.6) is 0 Å². The third kappa shape index (κ3) is 1.89. The monoisotopic (exact) mass is 184 g/mol. The maximum Gasteiger partial charge on any atom is 0.0690 e. The summed E-state index contributed by atoms with van der Waals surface area (Å²) in [6, 6.07) is 3.19. The average molecular weight is 184 g/mol. The van der Waals surface area contributed by atoms with Crippen molar-refractivity contribution in [3.05, 3.63) is 24.2 Å². The number of hydrogen-bond donors (Lipinski definition) is 0. The number of furan rings is 1. The molecule has 0 atom stereocenters. The Hall–Kier alpha value is 0.0539. The molecule has 0 fully saturated rings. The van der Waals surface area contributed by atoms with Crippen LogP contribution in [0.3, 0.4) is 0 Å². The van der Waals surface area contributed by atoms with Crippen LogP contribution in [0.15, 0.2) is 22.8 Å². The van der Waals surface area contributed by atoms with Crippen LogP contribution in [-0.2, 0) is 37.5 Å². The number of rotatable bonds is 1. The summed E-state index contributed by atoms with van der Waals surface area (Å²) < 4.78 is 4.56. The van der Waals surface area contributed by atoms with Gasteiger partial charge in [0.05, 0.1) is 6.26 Å². The van der Waals surface area contributed by atoms with Crippen LogP contribution in [0.4, 0.5) is 0 Å². The first kappa shape index (κ1) is 8.05. The molecule has 2 nitrogen and oxygen atoms in total. The Bertz CT molecular complexity index is 145. The van der Waals surface area contributed by atoms with Gasteiger partial charge in [-0.1, -0.05) is 0 Å². The molecule has 0 spiro atoms. The van der Waals surface area contributed by atoms with Gasteiger partial charge in [-0.3, -0.25) is 0 Å². The van der Waals surface area contributed by atoms with Crippen molar-refractivity contribution in [2.45, 2.75) is 0 Å². The smallest absolute Gasteiger partial charge is 0.0690 e. The van der Waals surface area contributed by atoms with Gasteiger partial charge < -0.3 is 9.21 Å². The SMILES string of the molecule is O=[C-]c1ccco1.[Y]. The van der Waals surface area contributed by atoms with Gasteiger partial charge in [-0.25, -0.2) is 0 Å². The van der Waals surface area contributed by atoms with E-state index in [-0.39, 0.29) is 38.5 Å². The predicted molar refractivity (Wildman–Crippen MR) is 23.5 cm³/mol. The summed E-state index contributed by atoms with van der Waals surface area (Å²) in [5.41, 5.74) is 0. The van der Waals surface area contributed by atoms with Crippen LogP contribution in [-0.4, -0.2) is 6.29 Å². The van der Waals surface area contributed by atoms with Gasteiger partial charge in [0, 0.05) is 39.0 Å². The second-order valence-corrected chi connectivity index (χ2v) is 1.08. The molecule has 0 saturated heterocycles. The minimum Gasteiger partial charge on any atom is -0.501 e. The van der Waals surface area contributed by atoms with E-state index in [1.165, 1.54) is 6.26 Å². The van der Waals surface area contributed by atoms with E-state index >= 15 is 0 Å². The molecule has 3 heteroatoms. The Morgan fingerprint density at radius 2 is 2.38 bits per heavy atom. The van der Waals surface area contributed by atoms with Crippen LogP contribution in [0.2, 0.25) is 0 Å². The molecule has 0 bridgehead atoms. The Kier molecular flexibility index (Phi) is 4.01. The predicted octanol–water partition coefficient (Wildman–Crippen LogP) is 0.735. The van der Waals surface area contributed by atoms with Crippen LogP contribution in [0.25, 0.3) is 0 Å². The molecule has 0 aliphatic heterocycles. The molecular formula is C5H3O2Y-. The van der Waals surface area contributed by atoms with Crippen LogP contribution < -0.4 is 0 Å². The van der Waals surface area contributed by atoms with Gasteiger partial charge in [-0.05, 0) is 5.76 Å². The van der Waals surface area contributed by atoms with E-state index in [1.807, 2.05) is 0 Å². The fourth-order valence-corrected chi connectivity index (χ4v) is 0.337. The third-order valence-corrected chi connectivity index (χ3v) is 0.622. The molecule has 0 amide bonds. The van der Waals surface area contributed by atoms with E-state index in [0.717, 1.165) is 0 Å². The van der Waals surface area contributed by atoms with E-state index in [9.17, 15) is 4.79 Å². The van der Waals surface area contributed by atoms with E-state index < -0.39 is 0 Å². The van der Waals surface area contributed by atoms with Crippen molar-refractivity contribution in [2.24, 2.45) is 0 Å². The second-order valence-electron chi connectivity index (χ2n) is 1.08. The summed E-state index contributed by atoms with van der Waals surface area (Å²) in [6.45, 7) is 0. The first-order valence-electron chi connectivity index (χ1n) is 1.85. The molecule has 0 saturated carbocycles. The van der Waals surface area contributed by atoms with Crippen LogP contribution >= 0.6 is 0 Å². The molecule has 1 radical (unpaired) electrons. The molecule has 8 heavy (non-hydrogen) atoms. The van der Waals surface area contributed by atoms with Gasteiger partial charge in [-0.2, -0.15) is 6.07 Å². The quantitative estimate of drug-likeness (QED) is 0.602. The first-order valence-corrected chi connectivity index (χ1v) is 1.85. The molecule has 1 aromatic heterocycles. The Balaban J connectivity index is 0.000000490. The molecule has 0 unspecified atom stereocenters. The van der Waals surface area contributed by atoms with Crippen LogP contribution in [0.1, 0.15) is 5.76 Å². The first-order chi connectivity index (χ1) is 3.43. The summed E-state index contributed by atoms with van der Waals surface area (Å²) in [5, 5.41) is 0. The molecular weight excluding hydrogens is 181 g/mol. The van der Waals surface area contributed by atoms with Gasteiger partial charge in [0.1, 0.15) is 0 Å². The van der Waals surface area contributed by atoms with Crippen LogP contribution in [0, 0.1) is 0 Å². The summed E-state index contributed by atoms with van der Waals surface area (Å²) in [5.74, 6) is 0.250. The summed E-state index contributed by atoms with van der Waals surface area (Å²) in [7, 11) is 0. The zero-order valence-electron chi connectivity index (χ0n) is 4.13. The van der Waals surface area contributed by atoms with Gasteiger partial charge in [0.2, 0.25) is 0 Å². The molecule has 1 rings (SSSR count). The molecule has 1 heterocycles. The fraction of sp³-hybridized carbons (Fsp3) is 0. The van der Waals surface area contributed by atoms with Crippen molar-refractivity contribution in [3.8, 4) is 0 Å². The summed E-state index contributed by atoms with van der Waals surface area (Å²) in [6.07, 6.45) is 3.02. The molecule has 0 aliphatic rings. The fourth-order valence-electron chi connectivity index (χ4n) is 0.337. The van der Waals surface area contributed by atoms with Crippen molar-refractivity contribution in [3.63, 3.8) is 0 Å². The van der Waals surface area contributed by atoms with E-state index in [4.69, 9.17) is 0 Å². The normalized spacial score (nSPS) is 7.50. The zero-order valence-corrected chi connectivity index (χ0v) is 6.96. The second kappa shape index (κ2) is 3.99. The Morgan fingerprint density at radius 3 is 2.62 bits per heavy atom. The Labute approximate surface area is 72.1 Å². The molecule has 39 valence electrons. The molecule has 1 aromatic rings. The maximum absolute atomic E-state index is 9.65. The van der Waals surface area contributed by atoms with Crippen molar-refractivity contribution in [2.75, 3.05) is 0 Å². The third-order valence-electron chi connectivity index (χ3n) is 0.622. The van der Waals surface area contributed by atoms with Gasteiger partial charge in [0.25, 0.3) is 0 Å². The molecule has 0 aromatic carbocycles. The van der Waals surface area contributed by atoms with E-state index in [0.29, 0.717) is 0 Å². The summed E-state index contributed by atoms with van der Waals surface area (Å²) in [4.78, 5) is 9.65. The minimum absolute atomic E-state index is 0. The van der Waals surface area contributed by atoms with Gasteiger partial charge >= 0.3 is 0 Å². The Morgan fingerprint density at radius 1 is 1.62 bits per heavy atom. The zero-order chi connectivity index (χ0) is 5.11. The van der Waals surface area contributed by atoms with Crippen molar-refractivity contribution < 1.29 is 41.9 Å². The molecule has 0 aliphatic carbocycles. The number of hydrogen-bond acceptors (Lipinski definition) is 2. The van der Waals surface area contributed by atoms with E-state index in [2.05, 4.69) is 4.42 Å².